The average Bonchev–Trinajstić information content (AvgIpc) is 2.39. The maximum absolute atomic E-state index is 12.1. The molecule has 0 radical (unpaired) electrons. The van der Waals surface area contributed by atoms with Crippen molar-refractivity contribution in [3.63, 3.8) is 0 Å². The highest BCUT2D eigenvalue weighted by Gasteiger charge is 2.25. The van der Waals surface area contributed by atoms with Gasteiger partial charge in [0.15, 0.2) is 0 Å². The predicted molar refractivity (Wildman–Crippen MR) is 64.1 cm³/mol. The number of likely N-dealkylation sites (N-methyl/N-ethyl adjacent to an activating group) is 1. The molecule has 1 aliphatic heterocycles. The molecule has 0 aromatic heterocycles. The molecule has 1 unspecified atom stereocenters. The normalized spacial score (nSPS) is 19.9. The van der Waals surface area contributed by atoms with Crippen molar-refractivity contribution in [1.29, 1.82) is 0 Å². The van der Waals surface area contributed by atoms with E-state index < -0.39 is 6.10 Å². The third-order valence-corrected chi connectivity index (χ3v) is 2.77. The van der Waals surface area contributed by atoms with Gasteiger partial charge in [-0.3, -0.25) is 4.79 Å². The summed E-state index contributed by atoms with van der Waals surface area (Å²) in [4.78, 5) is 13.6. The molecule has 2 rings (SSSR count). The third kappa shape index (κ3) is 2.75. The van der Waals surface area contributed by atoms with Crippen LogP contribution in [0.25, 0.3) is 0 Å². The number of rotatable bonds is 2. The molecule has 1 fully saturated rings. The Balaban J connectivity index is 2.05. The van der Waals surface area contributed by atoms with Gasteiger partial charge in [0.05, 0.1) is 6.61 Å². The molecule has 0 aliphatic carbocycles. The van der Waals surface area contributed by atoms with Crippen molar-refractivity contribution in [1.82, 2.24) is 5.32 Å². The highest BCUT2D eigenvalue weighted by Crippen LogP contribution is 2.18. The molecule has 1 aromatic carbocycles. The molecule has 0 bridgehead atoms. The maximum atomic E-state index is 12.1. The topological polar surface area (TPSA) is 61.8 Å². The standard InChI is InChI=1S/C12H16N2O3/c1-14(9-2-4-10(15)5-3-9)12(16)11-8-13-6-7-17-11/h2-5,11,13,15H,6-8H2,1H3. The van der Waals surface area contributed by atoms with E-state index in [9.17, 15) is 9.90 Å². The lowest BCUT2D eigenvalue weighted by atomic mass is 10.2. The van der Waals surface area contributed by atoms with Gasteiger partial charge in [0.25, 0.3) is 5.91 Å². The van der Waals surface area contributed by atoms with Gasteiger partial charge in [0.1, 0.15) is 11.9 Å². The van der Waals surface area contributed by atoms with Crippen LogP contribution in [0, 0.1) is 0 Å². The lowest BCUT2D eigenvalue weighted by Gasteiger charge is -2.27. The van der Waals surface area contributed by atoms with Crippen LogP contribution in [-0.2, 0) is 9.53 Å². The summed E-state index contributed by atoms with van der Waals surface area (Å²) in [5.74, 6) is 0.105. The molecule has 0 spiro atoms. The summed E-state index contributed by atoms with van der Waals surface area (Å²) in [6.45, 7) is 1.88. The fourth-order valence-electron chi connectivity index (χ4n) is 1.74. The monoisotopic (exact) mass is 236 g/mol. The van der Waals surface area contributed by atoms with E-state index in [1.807, 2.05) is 0 Å². The minimum Gasteiger partial charge on any atom is -0.508 e. The van der Waals surface area contributed by atoms with E-state index in [0.717, 1.165) is 12.2 Å². The first-order valence-corrected chi connectivity index (χ1v) is 5.57. The van der Waals surface area contributed by atoms with Gasteiger partial charge in [-0.1, -0.05) is 0 Å². The van der Waals surface area contributed by atoms with Gasteiger partial charge in [-0.05, 0) is 24.3 Å². The van der Waals surface area contributed by atoms with Crippen LogP contribution in [0.3, 0.4) is 0 Å². The van der Waals surface area contributed by atoms with Crippen LogP contribution in [-0.4, -0.2) is 43.9 Å². The third-order valence-electron chi connectivity index (χ3n) is 2.77. The number of phenols is 1. The van der Waals surface area contributed by atoms with Crippen LogP contribution < -0.4 is 10.2 Å². The Kier molecular flexibility index (Phi) is 3.61. The Bertz CT molecular complexity index is 385. The second kappa shape index (κ2) is 5.16. The number of carbonyl (C=O) groups excluding carboxylic acids is 1. The highest BCUT2D eigenvalue weighted by atomic mass is 16.5. The van der Waals surface area contributed by atoms with Crippen LogP contribution in [0.4, 0.5) is 5.69 Å². The fraction of sp³-hybridized carbons (Fsp3) is 0.417. The van der Waals surface area contributed by atoms with Crippen molar-refractivity contribution in [2.24, 2.45) is 0 Å². The van der Waals surface area contributed by atoms with E-state index in [4.69, 9.17) is 4.74 Å². The minimum absolute atomic E-state index is 0.0807. The lowest BCUT2D eigenvalue weighted by Crippen LogP contribution is -2.48. The molecule has 5 heteroatoms. The molecule has 1 aromatic rings. The van der Waals surface area contributed by atoms with Crippen molar-refractivity contribution in [2.75, 3.05) is 31.6 Å². The molecule has 2 N–H and O–H groups in total. The summed E-state index contributed by atoms with van der Waals surface area (Å²) in [5, 5.41) is 12.3. The number of morpholine rings is 1. The average molecular weight is 236 g/mol. The number of carbonyl (C=O) groups is 1. The van der Waals surface area contributed by atoms with Crippen LogP contribution in [0.2, 0.25) is 0 Å². The Morgan fingerprint density at radius 3 is 2.76 bits per heavy atom. The van der Waals surface area contributed by atoms with E-state index in [1.54, 1.807) is 31.3 Å². The zero-order valence-corrected chi connectivity index (χ0v) is 9.72. The summed E-state index contributed by atoms with van der Waals surface area (Å²) >= 11 is 0. The van der Waals surface area contributed by atoms with E-state index in [2.05, 4.69) is 5.32 Å². The predicted octanol–water partition coefficient (Wildman–Crippen LogP) is 0.343. The number of nitrogens with one attached hydrogen (secondary N) is 1. The minimum atomic E-state index is -0.428. The smallest absolute Gasteiger partial charge is 0.257 e. The van der Waals surface area contributed by atoms with E-state index >= 15 is 0 Å². The van der Waals surface area contributed by atoms with Crippen LogP contribution in [0.5, 0.6) is 5.75 Å². The van der Waals surface area contributed by atoms with E-state index in [0.29, 0.717) is 13.2 Å². The zero-order valence-electron chi connectivity index (χ0n) is 9.72. The van der Waals surface area contributed by atoms with Gasteiger partial charge in [0.2, 0.25) is 0 Å². The first-order chi connectivity index (χ1) is 8.18. The van der Waals surface area contributed by atoms with Gasteiger partial charge in [-0.2, -0.15) is 0 Å². The largest absolute Gasteiger partial charge is 0.508 e. The molecular formula is C12H16N2O3. The maximum Gasteiger partial charge on any atom is 0.257 e. The molecule has 1 aliphatic rings. The molecule has 1 amide bonds. The molecule has 1 saturated heterocycles. The quantitative estimate of drug-likeness (QED) is 0.777. The van der Waals surface area contributed by atoms with Gasteiger partial charge in [-0.15, -0.1) is 0 Å². The number of benzene rings is 1. The second-order valence-electron chi connectivity index (χ2n) is 3.98. The number of ether oxygens (including phenoxy) is 1. The summed E-state index contributed by atoms with van der Waals surface area (Å²) in [6.07, 6.45) is -0.428. The molecule has 92 valence electrons. The molecule has 1 heterocycles. The Morgan fingerprint density at radius 2 is 2.18 bits per heavy atom. The van der Waals surface area contributed by atoms with Gasteiger partial charge in [0, 0.05) is 25.8 Å². The Morgan fingerprint density at radius 1 is 1.47 bits per heavy atom. The number of aromatic hydroxyl groups is 1. The first kappa shape index (κ1) is 11.9. The Hall–Kier alpha value is -1.59. The number of hydrogen-bond donors (Lipinski definition) is 2. The van der Waals surface area contributed by atoms with Crippen LogP contribution in [0.1, 0.15) is 0 Å². The van der Waals surface area contributed by atoms with E-state index in [-0.39, 0.29) is 11.7 Å². The SMILES string of the molecule is CN(C(=O)C1CNCCO1)c1ccc(O)cc1. The van der Waals surface area contributed by atoms with Crippen molar-refractivity contribution in [2.45, 2.75) is 6.10 Å². The number of amides is 1. The van der Waals surface area contributed by atoms with Crippen molar-refractivity contribution < 1.29 is 14.6 Å². The molecule has 1 atom stereocenters. The van der Waals surface area contributed by atoms with Crippen LogP contribution in [0.15, 0.2) is 24.3 Å². The zero-order chi connectivity index (χ0) is 12.3. The Labute approximate surface area is 100.0 Å². The molecule has 17 heavy (non-hydrogen) atoms. The van der Waals surface area contributed by atoms with Gasteiger partial charge < -0.3 is 20.1 Å². The number of phenolic OH excluding ortho intramolecular Hbond substituents is 1. The van der Waals surface area contributed by atoms with Gasteiger partial charge >= 0.3 is 0 Å². The fourth-order valence-corrected chi connectivity index (χ4v) is 1.74. The highest BCUT2D eigenvalue weighted by molar-refractivity contribution is 5.96. The summed E-state index contributed by atoms with van der Waals surface area (Å²) < 4.78 is 5.40. The summed E-state index contributed by atoms with van der Waals surface area (Å²) in [7, 11) is 1.70. The lowest BCUT2D eigenvalue weighted by molar-refractivity contribution is -0.131. The second-order valence-corrected chi connectivity index (χ2v) is 3.98. The van der Waals surface area contributed by atoms with Crippen molar-refractivity contribution in [3.8, 4) is 5.75 Å². The van der Waals surface area contributed by atoms with Gasteiger partial charge in [-0.25, -0.2) is 0 Å². The number of anilines is 1. The number of hydrogen-bond acceptors (Lipinski definition) is 4. The van der Waals surface area contributed by atoms with E-state index in [1.165, 1.54) is 4.90 Å². The molecular weight excluding hydrogens is 220 g/mol. The number of nitrogens with zero attached hydrogens (tertiary/aromatic N) is 1. The molecule has 5 nitrogen and oxygen atoms in total. The van der Waals surface area contributed by atoms with Crippen molar-refractivity contribution in [3.05, 3.63) is 24.3 Å². The molecule has 0 saturated carbocycles. The summed E-state index contributed by atoms with van der Waals surface area (Å²) in [5.41, 5.74) is 0.738. The van der Waals surface area contributed by atoms with Crippen LogP contribution >= 0.6 is 0 Å². The first-order valence-electron chi connectivity index (χ1n) is 5.57. The summed E-state index contributed by atoms with van der Waals surface area (Å²) in [6, 6.07) is 6.51. The van der Waals surface area contributed by atoms with Crippen molar-refractivity contribution >= 4 is 11.6 Å².